The molecule has 0 radical (unpaired) electrons. The first kappa shape index (κ1) is 27.7. The lowest BCUT2D eigenvalue weighted by atomic mass is 10.1. The number of nitrogens with one attached hydrogen (secondary N) is 2. The number of carbonyl (C=O) groups is 4. The lowest BCUT2D eigenvalue weighted by Crippen LogP contribution is -2.48. The molecule has 0 aliphatic carbocycles. The van der Waals surface area contributed by atoms with Gasteiger partial charge in [0.2, 0.25) is 11.8 Å². The number of rotatable bonds is 12. The third-order valence-electron chi connectivity index (χ3n) is 6.45. The lowest BCUT2D eigenvalue weighted by molar-refractivity contribution is -0.139. The predicted octanol–water partition coefficient (Wildman–Crippen LogP) is 2.74. The van der Waals surface area contributed by atoms with Crippen molar-refractivity contribution < 1.29 is 29.5 Å². The van der Waals surface area contributed by atoms with E-state index in [0.29, 0.717) is 50.1 Å². The molecule has 10 heteroatoms. The molecular formula is C27H34N4O6. The van der Waals surface area contributed by atoms with Gasteiger partial charge in [0, 0.05) is 50.3 Å². The highest BCUT2D eigenvalue weighted by molar-refractivity contribution is 5.97. The molecule has 198 valence electrons. The number of carbonyl (C=O) groups excluding carboxylic acids is 3. The molecule has 0 aromatic heterocycles. The molecule has 37 heavy (non-hydrogen) atoms. The zero-order valence-electron chi connectivity index (χ0n) is 20.8. The van der Waals surface area contributed by atoms with Crippen LogP contribution in [0, 0.1) is 0 Å². The fraction of sp³-hybridized carbons (Fsp3) is 0.407. The van der Waals surface area contributed by atoms with Gasteiger partial charge in [0.15, 0.2) is 6.04 Å². The van der Waals surface area contributed by atoms with Gasteiger partial charge in [-0.25, -0.2) is 10.3 Å². The Kier molecular flexibility index (Phi) is 10.5. The fourth-order valence-electron chi connectivity index (χ4n) is 4.31. The first-order chi connectivity index (χ1) is 17.9. The van der Waals surface area contributed by atoms with Crippen molar-refractivity contribution in [3.05, 3.63) is 65.7 Å². The van der Waals surface area contributed by atoms with Gasteiger partial charge >= 0.3 is 5.97 Å². The number of carboxylic acids is 1. The van der Waals surface area contributed by atoms with Crippen LogP contribution in [-0.4, -0.2) is 65.1 Å². The highest BCUT2D eigenvalue weighted by Crippen LogP contribution is 2.19. The zero-order chi connectivity index (χ0) is 26.6. The Balaban J connectivity index is 1.43. The number of aliphatic carboxylic acids is 1. The summed E-state index contributed by atoms with van der Waals surface area (Å²) in [5, 5.41) is 20.6. The Morgan fingerprint density at radius 2 is 1.43 bits per heavy atom. The van der Waals surface area contributed by atoms with Gasteiger partial charge in [0.1, 0.15) is 0 Å². The number of hydrogen-bond acceptors (Lipinski definition) is 6. The summed E-state index contributed by atoms with van der Waals surface area (Å²) in [5.74, 6) is -1.85. The quantitative estimate of drug-likeness (QED) is 0.196. The van der Waals surface area contributed by atoms with Crippen LogP contribution in [0.25, 0.3) is 0 Å². The summed E-state index contributed by atoms with van der Waals surface area (Å²) in [4.78, 5) is 51.8. The van der Waals surface area contributed by atoms with E-state index in [2.05, 4.69) is 10.2 Å². The van der Waals surface area contributed by atoms with Crippen molar-refractivity contribution in [2.45, 2.75) is 44.6 Å². The third-order valence-corrected chi connectivity index (χ3v) is 6.45. The molecule has 0 saturated carbocycles. The average molecular weight is 511 g/mol. The highest BCUT2D eigenvalue weighted by Gasteiger charge is 2.24. The lowest BCUT2D eigenvalue weighted by Gasteiger charge is -2.36. The van der Waals surface area contributed by atoms with Crippen LogP contribution in [0.2, 0.25) is 0 Å². The minimum absolute atomic E-state index is 0.131. The maximum Gasteiger partial charge on any atom is 0.330 e. The Labute approximate surface area is 216 Å². The Bertz CT molecular complexity index is 1050. The van der Waals surface area contributed by atoms with Crippen molar-refractivity contribution in [1.29, 1.82) is 0 Å². The second kappa shape index (κ2) is 14.0. The molecule has 4 N–H and O–H groups in total. The normalized spacial score (nSPS) is 14.1. The van der Waals surface area contributed by atoms with Gasteiger partial charge in [-0.1, -0.05) is 43.2 Å². The minimum Gasteiger partial charge on any atom is -0.479 e. The molecule has 10 nitrogen and oxygen atoms in total. The standard InChI is InChI=1S/C27H34N4O6/c32-23(29-37)10-6-1-2-7-11-24(33)31-18-16-30(17-19-31)22-14-12-21(13-15-22)26(34)28-25(27(35)36)20-8-4-3-5-9-20/h3-5,8-9,12-15,25,37H,1-2,6-7,10-11,16-19H2,(H,28,34)(H,29,32)(H,35,36)/t25-/m0/s1. The molecule has 1 aliphatic heterocycles. The molecule has 1 saturated heterocycles. The number of hydroxylamine groups is 1. The number of amides is 3. The van der Waals surface area contributed by atoms with Gasteiger partial charge in [0.25, 0.3) is 5.91 Å². The van der Waals surface area contributed by atoms with Crippen LogP contribution in [0.5, 0.6) is 0 Å². The maximum atomic E-state index is 12.7. The third kappa shape index (κ3) is 8.32. The molecule has 1 atom stereocenters. The first-order valence-electron chi connectivity index (χ1n) is 12.5. The van der Waals surface area contributed by atoms with Crippen LogP contribution in [0.3, 0.4) is 0 Å². The molecular weight excluding hydrogens is 476 g/mol. The first-order valence-corrected chi connectivity index (χ1v) is 12.5. The van der Waals surface area contributed by atoms with Crippen LogP contribution in [0.4, 0.5) is 5.69 Å². The van der Waals surface area contributed by atoms with Crippen LogP contribution in [0.1, 0.15) is 60.5 Å². The molecule has 2 aromatic rings. The van der Waals surface area contributed by atoms with E-state index in [0.717, 1.165) is 24.9 Å². The van der Waals surface area contributed by atoms with Gasteiger partial charge in [-0.15, -0.1) is 0 Å². The van der Waals surface area contributed by atoms with E-state index >= 15 is 0 Å². The summed E-state index contributed by atoms with van der Waals surface area (Å²) in [6.07, 6.45) is 3.93. The number of unbranched alkanes of at least 4 members (excludes halogenated alkanes) is 3. The van der Waals surface area contributed by atoms with Crippen molar-refractivity contribution >= 4 is 29.4 Å². The maximum absolute atomic E-state index is 12.7. The van der Waals surface area contributed by atoms with E-state index in [1.54, 1.807) is 47.9 Å². The van der Waals surface area contributed by atoms with Crippen LogP contribution in [-0.2, 0) is 14.4 Å². The largest absolute Gasteiger partial charge is 0.479 e. The molecule has 0 bridgehead atoms. The van der Waals surface area contributed by atoms with E-state index in [-0.39, 0.29) is 18.2 Å². The summed E-state index contributed by atoms with van der Waals surface area (Å²) in [6, 6.07) is 14.5. The van der Waals surface area contributed by atoms with Crippen molar-refractivity contribution in [1.82, 2.24) is 15.7 Å². The van der Waals surface area contributed by atoms with E-state index in [4.69, 9.17) is 5.21 Å². The number of carboxylic acid groups (broad SMARTS) is 1. The van der Waals surface area contributed by atoms with Crippen molar-refractivity contribution in [3.63, 3.8) is 0 Å². The van der Waals surface area contributed by atoms with Crippen LogP contribution < -0.4 is 15.7 Å². The molecule has 1 fully saturated rings. The number of benzene rings is 2. The van der Waals surface area contributed by atoms with Crippen molar-refractivity contribution in [3.8, 4) is 0 Å². The summed E-state index contributed by atoms with van der Waals surface area (Å²) in [6.45, 7) is 2.61. The van der Waals surface area contributed by atoms with E-state index in [1.807, 2.05) is 17.0 Å². The highest BCUT2D eigenvalue weighted by atomic mass is 16.5. The minimum atomic E-state index is -1.13. The molecule has 0 unspecified atom stereocenters. The van der Waals surface area contributed by atoms with E-state index < -0.39 is 17.9 Å². The van der Waals surface area contributed by atoms with Crippen LogP contribution >= 0.6 is 0 Å². The smallest absolute Gasteiger partial charge is 0.330 e. The van der Waals surface area contributed by atoms with Gasteiger partial charge < -0.3 is 20.2 Å². The molecule has 0 spiro atoms. The summed E-state index contributed by atoms with van der Waals surface area (Å²) >= 11 is 0. The van der Waals surface area contributed by atoms with Crippen molar-refractivity contribution in [2.24, 2.45) is 0 Å². The second-order valence-electron chi connectivity index (χ2n) is 9.02. The summed E-state index contributed by atoms with van der Waals surface area (Å²) in [5.41, 5.74) is 3.42. The number of hydrogen-bond donors (Lipinski definition) is 4. The van der Waals surface area contributed by atoms with Crippen molar-refractivity contribution in [2.75, 3.05) is 31.1 Å². The van der Waals surface area contributed by atoms with Gasteiger partial charge in [-0.05, 0) is 42.7 Å². The molecule has 1 heterocycles. The molecule has 1 aliphatic rings. The van der Waals surface area contributed by atoms with Gasteiger partial charge in [0.05, 0.1) is 0 Å². The van der Waals surface area contributed by atoms with E-state index in [1.165, 1.54) is 0 Å². The van der Waals surface area contributed by atoms with Crippen LogP contribution in [0.15, 0.2) is 54.6 Å². The SMILES string of the molecule is O=C(CCCCCCC(=O)N1CCN(c2ccc(C(=O)N[C@H](C(=O)O)c3ccccc3)cc2)CC1)NO. The number of anilines is 1. The second-order valence-corrected chi connectivity index (χ2v) is 9.02. The summed E-state index contributed by atoms with van der Waals surface area (Å²) < 4.78 is 0. The van der Waals surface area contributed by atoms with Gasteiger partial charge in [-0.2, -0.15) is 0 Å². The monoisotopic (exact) mass is 510 g/mol. The number of piperazine rings is 1. The van der Waals surface area contributed by atoms with Gasteiger partial charge in [-0.3, -0.25) is 19.6 Å². The Morgan fingerprint density at radius 1 is 0.811 bits per heavy atom. The Morgan fingerprint density at radius 3 is 2.03 bits per heavy atom. The van der Waals surface area contributed by atoms with E-state index in [9.17, 15) is 24.3 Å². The molecule has 2 aromatic carbocycles. The zero-order valence-corrected chi connectivity index (χ0v) is 20.8. The molecule has 3 rings (SSSR count). The topological polar surface area (TPSA) is 139 Å². The fourth-order valence-corrected chi connectivity index (χ4v) is 4.31. The Hall–Kier alpha value is -3.92. The predicted molar refractivity (Wildman–Crippen MR) is 137 cm³/mol. The summed E-state index contributed by atoms with van der Waals surface area (Å²) in [7, 11) is 0. The average Bonchev–Trinajstić information content (AvgIpc) is 2.93. The molecule has 3 amide bonds. The number of nitrogens with zero attached hydrogens (tertiary/aromatic N) is 2.